The Morgan fingerprint density at radius 1 is 1.62 bits per heavy atom. The van der Waals surface area contributed by atoms with Crippen LogP contribution in [-0.2, 0) is 4.74 Å². The van der Waals surface area contributed by atoms with Crippen molar-refractivity contribution in [1.29, 1.82) is 0 Å². The number of hydrogen-bond donors (Lipinski definition) is 1. The molecule has 1 rings (SSSR count). The normalized spacial score (nSPS) is 33.7. The molecule has 0 aromatic heterocycles. The highest BCUT2D eigenvalue weighted by molar-refractivity contribution is 4.87. The van der Waals surface area contributed by atoms with E-state index in [1.165, 1.54) is 6.92 Å². The van der Waals surface area contributed by atoms with E-state index in [9.17, 15) is 8.78 Å². The summed E-state index contributed by atoms with van der Waals surface area (Å²) in [5.74, 6) is 0.184. The van der Waals surface area contributed by atoms with Gasteiger partial charge in [-0.3, -0.25) is 0 Å². The zero-order valence-corrected chi connectivity index (χ0v) is 8.09. The molecule has 0 radical (unpaired) electrons. The van der Waals surface area contributed by atoms with Crippen molar-refractivity contribution in [3.8, 4) is 0 Å². The van der Waals surface area contributed by atoms with Crippen molar-refractivity contribution in [2.45, 2.75) is 44.8 Å². The first kappa shape index (κ1) is 10.9. The Bertz CT molecular complexity index is 173. The average molecular weight is 193 g/mol. The van der Waals surface area contributed by atoms with Crippen LogP contribution in [0.2, 0.25) is 0 Å². The minimum absolute atomic E-state index is 0.0709. The Kier molecular flexibility index (Phi) is 3.24. The van der Waals surface area contributed by atoms with Gasteiger partial charge in [0.2, 0.25) is 0 Å². The summed E-state index contributed by atoms with van der Waals surface area (Å²) in [4.78, 5) is 0. The van der Waals surface area contributed by atoms with E-state index in [2.05, 4.69) is 0 Å². The van der Waals surface area contributed by atoms with E-state index in [0.29, 0.717) is 13.0 Å². The Balaban J connectivity index is 2.47. The van der Waals surface area contributed by atoms with Crippen molar-refractivity contribution >= 4 is 0 Å². The molecular formula is C9H17F2NO. The second-order valence-corrected chi connectivity index (χ2v) is 4.14. The second-order valence-electron chi connectivity index (χ2n) is 4.14. The lowest BCUT2D eigenvalue weighted by molar-refractivity contribution is 0.0363. The molecule has 1 fully saturated rings. The topological polar surface area (TPSA) is 35.2 Å². The largest absolute Gasteiger partial charge is 0.378 e. The minimum atomic E-state index is -2.46. The number of alkyl halides is 2. The molecule has 1 aliphatic rings. The zero-order chi connectivity index (χ0) is 10.1. The van der Waals surface area contributed by atoms with Gasteiger partial charge >= 0.3 is 0 Å². The molecule has 0 aromatic carbocycles. The van der Waals surface area contributed by atoms with Crippen molar-refractivity contribution in [2.24, 2.45) is 11.7 Å². The lowest BCUT2D eigenvalue weighted by Crippen LogP contribution is -2.46. The van der Waals surface area contributed by atoms with Crippen LogP contribution < -0.4 is 5.73 Å². The summed E-state index contributed by atoms with van der Waals surface area (Å²) in [6, 6.07) is 0. The fraction of sp³-hybridized carbons (Fsp3) is 1.00. The highest BCUT2D eigenvalue weighted by Crippen LogP contribution is 2.30. The van der Waals surface area contributed by atoms with E-state index in [1.54, 1.807) is 0 Å². The molecule has 4 heteroatoms. The number of nitrogens with two attached hydrogens (primary N) is 1. The number of ether oxygens (including phenoxy) is 1. The smallest absolute Gasteiger partial charge is 0.256 e. The maximum Gasteiger partial charge on any atom is 0.256 e. The van der Waals surface area contributed by atoms with Crippen LogP contribution >= 0.6 is 0 Å². The molecule has 0 aromatic rings. The summed E-state index contributed by atoms with van der Waals surface area (Å²) in [6.45, 7) is 3.99. The molecule has 13 heavy (non-hydrogen) atoms. The van der Waals surface area contributed by atoms with Crippen LogP contribution in [0, 0.1) is 5.92 Å². The molecule has 0 bridgehead atoms. The molecular weight excluding hydrogens is 176 g/mol. The first-order valence-electron chi connectivity index (χ1n) is 4.62. The molecule has 0 amide bonds. The summed E-state index contributed by atoms with van der Waals surface area (Å²) in [6.07, 6.45) is -1.20. The summed E-state index contributed by atoms with van der Waals surface area (Å²) in [5.41, 5.74) is 4.13. The summed E-state index contributed by atoms with van der Waals surface area (Å²) < 4.78 is 30.1. The van der Waals surface area contributed by atoms with Gasteiger partial charge in [0.05, 0.1) is 11.6 Å². The fourth-order valence-corrected chi connectivity index (χ4v) is 1.70. The molecule has 1 heterocycles. The molecule has 2 N–H and O–H groups in total. The summed E-state index contributed by atoms with van der Waals surface area (Å²) in [7, 11) is 0. The maximum absolute atomic E-state index is 12.4. The van der Waals surface area contributed by atoms with Gasteiger partial charge in [-0.1, -0.05) is 0 Å². The molecule has 3 atom stereocenters. The molecule has 0 aliphatic carbocycles. The minimum Gasteiger partial charge on any atom is -0.378 e. The molecule has 3 unspecified atom stereocenters. The Morgan fingerprint density at radius 3 is 2.62 bits per heavy atom. The standard InChI is InChI=1S/C9H17F2NO/c1-6-7(3-4-13-6)5-9(2,12)8(10)11/h6-8H,3-5,12H2,1-2H3. The van der Waals surface area contributed by atoms with E-state index >= 15 is 0 Å². The first-order valence-corrected chi connectivity index (χ1v) is 4.62. The predicted octanol–water partition coefficient (Wildman–Crippen LogP) is 1.78. The number of hydrogen-bond acceptors (Lipinski definition) is 2. The van der Waals surface area contributed by atoms with Crippen molar-refractivity contribution in [2.75, 3.05) is 6.61 Å². The van der Waals surface area contributed by atoms with Gasteiger partial charge in [-0.05, 0) is 32.6 Å². The number of rotatable bonds is 3. The Labute approximate surface area is 77.4 Å². The van der Waals surface area contributed by atoms with Crippen molar-refractivity contribution in [3.63, 3.8) is 0 Å². The van der Waals surface area contributed by atoms with E-state index in [1.807, 2.05) is 6.92 Å². The molecule has 2 nitrogen and oxygen atoms in total. The van der Waals surface area contributed by atoms with Crippen LogP contribution in [0.3, 0.4) is 0 Å². The van der Waals surface area contributed by atoms with Crippen LogP contribution in [0.5, 0.6) is 0 Å². The van der Waals surface area contributed by atoms with Crippen molar-refractivity contribution in [3.05, 3.63) is 0 Å². The third kappa shape index (κ3) is 2.61. The summed E-state index contributed by atoms with van der Waals surface area (Å²) in [5, 5.41) is 0. The van der Waals surface area contributed by atoms with Gasteiger partial charge in [-0.2, -0.15) is 0 Å². The lowest BCUT2D eigenvalue weighted by Gasteiger charge is -2.27. The third-order valence-electron chi connectivity index (χ3n) is 2.73. The monoisotopic (exact) mass is 193 g/mol. The van der Waals surface area contributed by atoms with Crippen LogP contribution in [0.4, 0.5) is 8.78 Å². The highest BCUT2D eigenvalue weighted by Gasteiger charge is 2.36. The van der Waals surface area contributed by atoms with Gasteiger partial charge < -0.3 is 10.5 Å². The van der Waals surface area contributed by atoms with E-state index < -0.39 is 12.0 Å². The highest BCUT2D eigenvalue weighted by atomic mass is 19.3. The van der Waals surface area contributed by atoms with Gasteiger partial charge in [0.25, 0.3) is 6.43 Å². The zero-order valence-electron chi connectivity index (χ0n) is 8.09. The second kappa shape index (κ2) is 3.88. The lowest BCUT2D eigenvalue weighted by atomic mass is 9.86. The van der Waals surface area contributed by atoms with Crippen LogP contribution in [0.25, 0.3) is 0 Å². The number of halogens is 2. The van der Waals surface area contributed by atoms with Gasteiger partial charge in [0.15, 0.2) is 0 Å². The average Bonchev–Trinajstić information content (AvgIpc) is 2.35. The van der Waals surface area contributed by atoms with E-state index in [-0.39, 0.29) is 12.0 Å². The fourth-order valence-electron chi connectivity index (χ4n) is 1.70. The molecule has 1 aliphatic heterocycles. The van der Waals surface area contributed by atoms with Gasteiger partial charge in [0, 0.05) is 6.61 Å². The quantitative estimate of drug-likeness (QED) is 0.741. The summed E-state index contributed by atoms with van der Waals surface area (Å²) >= 11 is 0. The van der Waals surface area contributed by atoms with Gasteiger partial charge in [-0.15, -0.1) is 0 Å². The van der Waals surface area contributed by atoms with Crippen molar-refractivity contribution in [1.82, 2.24) is 0 Å². The Hall–Kier alpha value is -0.220. The van der Waals surface area contributed by atoms with E-state index in [0.717, 1.165) is 6.42 Å². The molecule has 0 saturated carbocycles. The first-order chi connectivity index (χ1) is 5.93. The predicted molar refractivity (Wildman–Crippen MR) is 46.7 cm³/mol. The third-order valence-corrected chi connectivity index (χ3v) is 2.73. The van der Waals surface area contributed by atoms with Gasteiger partial charge in [-0.25, -0.2) is 8.78 Å². The van der Waals surface area contributed by atoms with Crippen LogP contribution in [-0.4, -0.2) is 24.7 Å². The molecule has 0 spiro atoms. The van der Waals surface area contributed by atoms with Crippen molar-refractivity contribution < 1.29 is 13.5 Å². The SMILES string of the molecule is CC1OCCC1CC(C)(N)C(F)F. The molecule has 78 valence electrons. The molecule has 1 saturated heterocycles. The van der Waals surface area contributed by atoms with Crippen LogP contribution in [0.15, 0.2) is 0 Å². The maximum atomic E-state index is 12.4. The van der Waals surface area contributed by atoms with Crippen LogP contribution in [0.1, 0.15) is 26.7 Å². The Morgan fingerprint density at radius 2 is 2.23 bits per heavy atom. The van der Waals surface area contributed by atoms with Gasteiger partial charge in [0.1, 0.15) is 0 Å². The van der Waals surface area contributed by atoms with E-state index in [4.69, 9.17) is 10.5 Å².